The standard InChI is InChI=1S/C16H14F6N4O3/c1-25-12(23)11(13(28)26(2)14(25)29)10(27)6-24-9-4-7(15(17,18)19)3-8(5-9)16(20,21)22/h3-5,24H,6,23H2,1-2H3. The number of halogens is 6. The number of ketones is 1. The van der Waals surface area contributed by atoms with E-state index >= 15 is 0 Å². The fourth-order valence-corrected chi connectivity index (χ4v) is 2.45. The number of benzene rings is 1. The molecule has 0 aliphatic heterocycles. The molecule has 0 spiro atoms. The molecule has 0 bridgehead atoms. The number of hydrogen-bond donors (Lipinski definition) is 2. The number of carbonyl (C=O) groups is 1. The molecule has 1 aromatic carbocycles. The summed E-state index contributed by atoms with van der Waals surface area (Å²) in [6.45, 7) is -0.837. The van der Waals surface area contributed by atoms with Crippen molar-refractivity contribution in [1.29, 1.82) is 0 Å². The smallest absolute Gasteiger partial charge is 0.384 e. The molecule has 0 radical (unpaired) electrons. The van der Waals surface area contributed by atoms with Gasteiger partial charge >= 0.3 is 18.0 Å². The number of nitrogen functional groups attached to an aromatic ring is 1. The molecule has 2 rings (SSSR count). The second-order valence-electron chi connectivity index (χ2n) is 6.04. The first kappa shape index (κ1) is 22.0. The maximum absolute atomic E-state index is 12.9. The largest absolute Gasteiger partial charge is 0.416 e. The van der Waals surface area contributed by atoms with E-state index in [-0.39, 0.29) is 6.07 Å². The number of hydrogen-bond acceptors (Lipinski definition) is 5. The molecule has 0 saturated heterocycles. The number of rotatable bonds is 4. The lowest BCUT2D eigenvalue weighted by atomic mass is 10.1. The zero-order valence-electron chi connectivity index (χ0n) is 14.9. The number of anilines is 2. The molecule has 29 heavy (non-hydrogen) atoms. The Morgan fingerprint density at radius 3 is 1.90 bits per heavy atom. The van der Waals surface area contributed by atoms with Crippen LogP contribution in [0.5, 0.6) is 0 Å². The average molecular weight is 424 g/mol. The maximum Gasteiger partial charge on any atom is 0.416 e. The molecule has 2 aromatic rings. The molecule has 0 amide bonds. The summed E-state index contributed by atoms with van der Waals surface area (Å²) in [6.07, 6.45) is -10.1. The molecule has 0 aliphatic carbocycles. The Bertz CT molecular complexity index is 1050. The second-order valence-corrected chi connectivity index (χ2v) is 6.04. The summed E-state index contributed by atoms with van der Waals surface area (Å²) in [7, 11) is 2.26. The summed E-state index contributed by atoms with van der Waals surface area (Å²) in [6, 6.07) is 0.725. The Morgan fingerprint density at radius 1 is 0.966 bits per heavy atom. The predicted octanol–water partition coefficient (Wildman–Crippen LogP) is 2.00. The van der Waals surface area contributed by atoms with E-state index in [9.17, 15) is 40.7 Å². The Hall–Kier alpha value is -3.25. The Balaban J connectivity index is 2.41. The van der Waals surface area contributed by atoms with E-state index in [1.54, 1.807) is 0 Å². The van der Waals surface area contributed by atoms with Crippen LogP contribution < -0.4 is 22.3 Å². The van der Waals surface area contributed by atoms with Crippen molar-refractivity contribution in [3.63, 3.8) is 0 Å². The first-order valence-corrected chi connectivity index (χ1v) is 7.76. The molecule has 7 nitrogen and oxygen atoms in total. The summed E-state index contributed by atoms with van der Waals surface area (Å²) in [5.41, 5.74) is -0.668. The van der Waals surface area contributed by atoms with Crippen molar-refractivity contribution in [3.05, 3.63) is 55.7 Å². The highest BCUT2D eigenvalue weighted by Gasteiger charge is 2.37. The topological polar surface area (TPSA) is 99.1 Å². The number of nitrogens with one attached hydrogen (secondary N) is 1. The summed E-state index contributed by atoms with van der Waals surface area (Å²) in [5.74, 6) is -1.51. The zero-order valence-corrected chi connectivity index (χ0v) is 14.9. The van der Waals surface area contributed by atoms with Gasteiger partial charge in [-0.25, -0.2) is 4.79 Å². The third-order valence-electron chi connectivity index (χ3n) is 4.03. The fourth-order valence-electron chi connectivity index (χ4n) is 2.45. The molecule has 13 heteroatoms. The lowest BCUT2D eigenvalue weighted by Crippen LogP contribution is -2.42. The number of aromatic nitrogens is 2. The predicted molar refractivity (Wildman–Crippen MR) is 90.6 cm³/mol. The van der Waals surface area contributed by atoms with Crippen molar-refractivity contribution in [2.75, 3.05) is 17.6 Å². The molecular formula is C16H14F6N4O3. The summed E-state index contributed by atoms with van der Waals surface area (Å²) in [5, 5.41) is 2.14. The van der Waals surface area contributed by atoms with Crippen molar-refractivity contribution in [2.24, 2.45) is 14.1 Å². The van der Waals surface area contributed by atoms with E-state index < -0.39 is 64.1 Å². The molecule has 158 valence electrons. The van der Waals surface area contributed by atoms with Crippen molar-refractivity contribution in [2.45, 2.75) is 12.4 Å². The number of nitrogens with zero attached hydrogens (tertiary/aromatic N) is 2. The van der Waals surface area contributed by atoms with Gasteiger partial charge in [-0.15, -0.1) is 0 Å². The van der Waals surface area contributed by atoms with Gasteiger partial charge in [-0.2, -0.15) is 26.3 Å². The molecule has 3 N–H and O–H groups in total. The third-order valence-corrected chi connectivity index (χ3v) is 4.03. The minimum atomic E-state index is -5.06. The van der Waals surface area contributed by atoms with E-state index in [1.165, 1.54) is 7.05 Å². The van der Waals surface area contributed by atoms with Gasteiger partial charge in [0, 0.05) is 19.8 Å². The van der Waals surface area contributed by atoms with Crippen molar-refractivity contribution in [1.82, 2.24) is 9.13 Å². The van der Waals surface area contributed by atoms with Crippen molar-refractivity contribution in [3.8, 4) is 0 Å². The minimum absolute atomic E-state index is 0.0618. The quantitative estimate of drug-likeness (QED) is 0.578. The van der Waals surface area contributed by atoms with Crippen LogP contribution in [0.3, 0.4) is 0 Å². The van der Waals surface area contributed by atoms with Crippen LogP contribution in [-0.2, 0) is 26.4 Å². The highest BCUT2D eigenvalue weighted by Crippen LogP contribution is 2.37. The van der Waals surface area contributed by atoms with Gasteiger partial charge in [-0.05, 0) is 18.2 Å². The molecule has 0 fully saturated rings. The Kier molecular flexibility index (Phi) is 5.54. The van der Waals surface area contributed by atoms with Crippen LogP contribution in [0.4, 0.5) is 37.8 Å². The molecule has 0 atom stereocenters. The number of nitrogens with two attached hydrogens (primary N) is 1. The normalized spacial score (nSPS) is 12.1. The van der Waals surface area contributed by atoms with Gasteiger partial charge in [-0.3, -0.25) is 18.7 Å². The van der Waals surface area contributed by atoms with E-state index in [4.69, 9.17) is 5.73 Å². The Morgan fingerprint density at radius 2 is 1.45 bits per heavy atom. The average Bonchev–Trinajstić information content (AvgIpc) is 2.61. The van der Waals surface area contributed by atoms with Gasteiger partial charge in [-0.1, -0.05) is 0 Å². The number of alkyl halides is 6. The maximum atomic E-state index is 12.9. The molecule has 0 unspecified atom stereocenters. The van der Waals surface area contributed by atoms with Crippen LogP contribution in [-0.4, -0.2) is 21.5 Å². The molecule has 0 saturated carbocycles. The lowest BCUT2D eigenvalue weighted by Gasteiger charge is -2.15. The number of Topliss-reactive ketones (excluding diaryl/α,β-unsaturated/α-hetero) is 1. The van der Waals surface area contributed by atoms with Crippen molar-refractivity contribution < 1.29 is 31.1 Å². The van der Waals surface area contributed by atoms with E-state index in [0.29, 0.717) is 16.7 Å². The summed E-state index contributed by atoms with van der Waals surface area (Å²) >= 11 is 0. The van der Waals surface area contributed by atoms with Gasteiger partial charge in [0.15, 0.2) is 5.78 Å². The van der Waals surface area contributed by atoms with E-state index in [2.05, 4.69) is 5.32 Å². The second kappa shape index (κ2) is 7.29. The van der Waals surface area contributed by atoms with E-state index in [0.717, 1.165) is 11.6 Å². The lowest BCUT2D eigenvalue weighted by molar-refractivity contribution is -0.143. The molecular weight excluding hydrogens is 410 g/mol. The van der Waals surface area contributed by atoms with Crippen molar-refractivity contribution >= 4 is 17.3 Å². The number of carbonyl (C=O) groups excluding carboxylic acids is 1. The summed E-state index contributed by atoms with van der Waals surface area (Å²) in [4.78, 5) is 36.2. The SMILES string of the molecule is Cn1c(N)c(C(=O)CNc2cc(C(F)(F)F)cc(C(F)(F)F)c2)c(=O)n(C)c1=O. The molecule has 1 heterocycles. The fraction of sp³-hybridized carbons (Fsp3) is 0.312. The van der Waals surface area contributed by atoms with Crippen LogP contribution in [0.2, 0.25) is 0 Å². The van der Waals surface area contributed by atoms with Gasteiger partial charge in [0.25, 0.3) is 5.56 Å². The van der Waals surface area contributed by atoms with Crippen LogP contribution in [0.15, 0.2) is 27.8 Å². The van der Waals surface area contributed by atoms with Gasteiger partial charge < -0.3 is 11.1 Å². The zero-order chi connectivity index (χ0) is 22.3. The molecule has 0 aliphatic rings. The molecule has 1 aromatic heterocycles. The monoisotopic (exact) mass is 424 g/mol. The summed E-state index contributed by atoms with van der Waals surface area (Å²) < 4.78 is 78.7. The van der Waals surface area contributed by atoms with Crippen LogP contribution >= 0.6 is 0 Å². The minimum Gasteiger partial charge on any atom is -0.384 e. The van der Waals surface area contributed by atoms with Gasteiger partial charge in [0.1, 0.15) is 11.4 Å². The van der Waals surface area contributed by atoms with E-state index in [1.807, 2.05) is 0 Å². The first-order valence-electron chi connectivity index (χ1n) is 7.76. The highest BCUT2D eigenvalue weighted by molar-refractivity contribution is 6.02. The highest BCUT2D eigenvalue weighted by atomic mass is 19.4. The van der Waals surface area contributed by atoms with Crippen LogP contribution in [0, 0.1) is 0 Å². The van der Waals surface area contributed by atoms with Gasteiger partial charge in [0.2, 0.25) is 0 Å². The first-order chi connectivity index (χ1) is 13.1. The Labute approximate surface area is 158 Å². The third kappa shape index (κ3) is 4.43. The van der Waals surface area contributed by atoms with Crippen LogP contribution in [0.25, 0.3) is 0 Å². The van der Waals surface area contributed by atoms with Crippen LogP contribution in [0.1, 0.15) is 21.5 Å². The van der Waals surface area contributed by atoms with Gasteiger partial charge in [0.05, 0.1) is 17.7 Å².